The fourth-order valence-corrected chi connectivity index (χ4v) is 1.94. The minimum atomic E-state index is -4.35. The maximum absolute atomic E-state index is 12.4. The predicted molar refractivity (Wildman–Crippen MR) is 60.5 cm³/mol. The number of nitrogens with zero attached hydrogens (tertiary/aromatic N) is 2. The lowest BCUT2D eigenvalue weighted by molar-refractivity contribution is -0.137. The van der Waals surface area contributed by atoms with Crippen LogP contribution < -0.4 is 4.90 Å². The van der Waals surface area contributed by atoms with Gasteiger partial charge in [0.25, 0.3) is 0 Å². The summed E-state index contributed by atoms with van der Waals surface area (Å²) in [4.78, 5) is 5.72. The van der Waals surface area contributed by atoms with Crippen LogP contribution in [0.1, 0.15) is 19.4 Å². The molecule has 0 aliphatic carbocycles. The maximum Gasteiger partial charge on any atom is 0.417 e. The molecule has 0 N–H and O–H groups in total. The monoisotopic (exact) mass is 296 g/mol. The topological polar surface area (TPSA) is 16.1 Å². The summed E-state index contributed by atoms with van der Waals surface area (Å²) in [6, 6.07) is 1.06. The highest BCUT2D eigenvalue weighted by Gasteiger charge is 2.31. The van der Waals surface area contributed by atoms with Crippen molar-refractivity contribution >= 4 is 21.7 Å². The lowest BCUT2D eigenvalue weighted by atomic mass is 10.2. The molecule has 0 saturated heterocycles. The third-order valence-electron chi connectivity index (χ3n) is 2.21. The van der Waals surface area contributed by atoms with E-state index in [1.165, 1.54) is 0 Å². The van der Waals surface area contributed by atoms with Gasteiger partial charge in [-0.3, -0.25) is 0 Å². The summed E-state index contributed by atoms with van der Waals surface area (Å²) in [6.07, 6.45) is -3.49. The molecule has 0 aliphatic heterocycles. The number of hydrogen-bond donors (Lipinski definition) is 0. The van der Waals surface area contributed by atoms with Crippen molar-refractivity contribution < 1.29 is 13.2 Å². The number of alkyl halides is 3. The Bertz CT molecular complexity index is 362. The lowest BCUT2D eigenvalue weighted by Gasteiger charge is -2.21. The Balaban J connectivity index is 3.09. The van der Waals surface area contributed by atoms with Crippen LogP contribution in [0.25, 0.3) is 0 Å². The van der Waals surface area contributed by atoms with Crippen molar-refractivity contribution in [1.29, 1.82) is 0 Å². The van der Waals surface area contributed by atoms with E-state index in [1.54, 1.807) is 0 Å². The molecule has 1 aromatic heterocycles. The second-order valence-corrected chi connectivity index (χ2v) is 4.05. The van der Waals surface area contributed by atoms with Gasteiger partial charge in [-0.1, -0.05) is 0 Å². The van der Waals surface area contributed by atoms with Crippen molar-refractivity contribution in [2.24, 2.45) is 0 Å². The van der Waals surface area contributed by atoms with Crippen LogP contribution in [0, 0.1) is 0 Å². The highest BCUT2D eigenvalue weighted by molar-refractivity contribution is 9.10. The van der Waals surface area contributed by atoms with Gasteiger partial charge in [0, 0.05) is 19.3 Å². The fraction of sp³-hybridized carbons (Fsp3) is 0.500. The van der Waals surface area contributed by atoms with Gasteiger partial charge < -0.3 is 4.90 Å². The third-order valence-corrected chi connectivity index (χ3v) is 2.80. The van der Waals surface area contributed by atoms with Gasteiger partial charge in [-0.25, -0.2) is 4.98 Å². The predicted octanol–water partition coefficient (Wildman–Crippen LogP) is 3.71. The van der Waals surface area contributed by atoms with Crippen LogP contribution >= 0.6 is 15.9 Å². The summed E-state index contributed by atoms with van der Waals surface area (Å²) in [5.41, 5.74) is -0.740. The molecule has 2 nitrogen and oxygen atoms in total. The molecular formula is C10H12BrF3N2. The molecule has 1 aromatic rings. The molecule has 1 rings (SSSR count). The highest BCUT2D eigenvalue weighted by atomic mass is 79.9. The number of anilines is 1. The highest BCUT2D eigenvalue weighted by Crippen LogP contribution is 2.33. The third kappa shape index (κ3) is 2.87. The van der Waals surface area contributed by atoms with Crippen LogP contribution in [0.2, 0.25) is 0 Å². The summed E-state index contributed by atoms with van der Waals surface area (Å²) in [7, 11) is 0. The molecule has 1 heterocycles. The molecule has 0 unspecified atom stereocenters. The zero-order chi connectivity index (χ0) is 12.3. The Labute approximate surface area is 101 Å². The number of pyridine rings is 1. The first kappa shape index (κ1) is 13.3. The van der Waals surface area contributed by atoms with Crippen molar-refractivity contribution in [2.75, 3.05) is 18.0 Å². The summed E-state index contributed by atoms with van der Waals surface area (Å²) < 4.78 is 37.5. The maximum atomic E-state index is 12.4. The van der Waals surface area contributed by atoms with E-state index in [2.05, 4.69) is 20.9 Å². The van der Waals surface area contributed by atoms with Crippen LogP contribution in [0.4, 0.5) is 19.0 Å². The smallest absolute Gasteiger partial charge is 0.356 e. The van der Waals surface area contributed by atoms with Gasteiger partial charge in [0.15, 0.2) is 0 Å². The van der Waals surface area contributed by atoms with Gasteiger partial charge in [0.2, 0.25) is 0 Å². The van der Waals surface area contributed by atoms with Crippen LogP contribution in [0.15, 0.2) is 16.7 Å². The van der Waals surface area contributed by atoms with Crippen molar-refractivity contribution in [3.05, 3.63) is 22.3 Å². The summed E-state index contributed by atoms with van der Waals surface area (Å²) in [5, 5.41) is 0. The van der Waals surface area contributed by atoms with Crippen molar-refractivity contribution in [3.63, 3.8) is 0 Å². The Hall–Kier alpha value is -0.780. The fourth-order valence-electron chi connectivity index (χ4n) is 1.34. The zero-order valence-corrected chi connectivity index (χ0v) is 10.6. The average Bonchev–Trinajstić information content (AvgIpc) is 2.20. The minimum Gasteiger partial charge on any atom is -0.356 e. The molecule has 0 aromatic carbocycles. The van der Waals surface area contributed by atoms with Gasteiger partial charge in [-0.15, -0.1) is 0 Å². The van der Waals surface area contributed by atoms with Gasteiger partial charge in [-0.05, 0) is 35.8 Å². The first-order valence-electron chi connectivity index (χ1n) is 4.87. The van der Waals surface area contributed by atoms with E-state index in [0.29, 0.717) is 23.4 Å². The molecular weight excluding hydrogens is 285 g/mol. The summed E-state index contributed by atoms with van der Waals surface area (Å²) in [5.74, 6) is 0.540. The van der Waals surface area contributed by atoms with Gasteiger partial charge in [-0.2, -0.15) is 13.2 Å². The molecule has 16 heavy (non-hydrogen) atoms. The molecule has 0 aliphatic rings. The molecule has 6 heteroatoms. The van der Waals surface area contributed by atoms with Gasteiger partial charge >= 0.3 is 6.18 Å². The van der Waals surface area contributed by atoms with E-state index < -0.39 is 11.7 Å². The second-order valence-electron chi connectivity index (χ2n) is 3.20. The lowest BCUT2D eigenvalue weighted by Crippen LogP contribution is -2.23. The van der Waals surface area contributed by atoms with Crippen LogP contribution in [-0.4, -0.2) is 18.1 Å². The van der Waals surface area contributed by atoms with Crippen molar-refractivity contribution in [1.82, 2.24) is 4.98 Å². The minimum absolute atomic E-state index is 0.367. The number of hydrogen-bond acceptors (Lipinski definition) is 2. The Kier molecular flexibility index (Phi) is 4.18. The normalized spacial score (nSPS) is 11.6. The van der Waals surface area contributed by atoms with Crippen molar-refractivity contribution in [2.45, 2.75) is 20.0 Å². The zero-order valence-electron chi connectivity index (χ0n) is 8.98. The largest absolute Gasteiger partial charge is 0.417 e. The van der Waals surface area contributed by atoms with E-state index in [0.717, 1.165) is 12.3 Å². The Morgan fingerprint density at radius 2 is 1.88 bits per heavy atom. The molecule has 0 saturated carbocycles. The van der Waals surface area contributed by atoms with Crippen molar-refractivity contribution in [3.8, 4) is 0 Å². The molecule has 0 spiro atoms. The molecule has 0 radical (unpaired) electrons. The molecule has 0 fully saturated rings. The number of halogens is 4. The summed E-state index contributed by atoms with van der Waals surface area (Å²) in [6.45, 7) is 5.26. The molecule has 0 atom stereocenters. The van der Waals surface area contributed by atoms with E-state index in [-0.39, 0.29) is 0 Å². The quantitative estimate of drug-likeness (QED) is 0.845. The van der Waals surface area contributed by atoms with E-state index in [9.17, 15) is 13.2 Å². The van der Waals surface area contributed by atoms with E-state index in [1.807, 2.05) is 18.7 Å². The molecule has 0 bridgehead atoms. The second kappa shape index (κ2) is 5.03. The van der Waals surface area contributed by atoms with Gasteiger partial charge in [0.05, 0.1) is 10.0 Å². The Morgan fingerprint density at radius 1 is 1.31 bits per heavy atom. The molecule has 90 valence electrons. The van der Waals surface area contributed by atoms with Gasteiger partial charge in [0.1, 0.15) is 5.82 Å². The number of rotatable bonds is 3. The van der Waals surface area contributed by atoms with Crippen LogP contribution in [-0.2, 0) is 6.18 Å². The summed E-state index contributed by atoms with van der Waals surface area (Å²) >= 11 is 3.12. The number of aromatic nitrogens is 1. The van der Waals surface area contributed by atoms with E-state index in [4.69, 9.17) is 0 Å². The van der Waals surface area contributed by atoms with Crippen LogP contribution in [0.5, 0.6) is 0 Å². The van der Waals surface area contributed by atoms with Crippen LogP contribution in [0.3, 0.4) is 0 Å². The van der Waals surface area contributed by atoms with E-state index >= 15 is 0 Å². The first-order chi connectivity index (χ1) is 7.40. The average molecular weight is 297 g/mol. The Morgan fingerprint density at radius 3 is 2.25 bits per heavy atom. The first-order valence-corrected chi connectivity index (χ1v) is 5.67. The standard InChI is InChI=1S/C10H12BrF3N2/c1-3-16(4-2)9-8(11)5-7(6-15-9)10(12,13)14/h5-6H,3-4H2,1-2H3. The SMILES string of the molecule is CCN(CC)c1ncc(C(F)(F)F)cc1Br. The molecule has 0 amide bonds.